The fourth-order valence-corrected chi connectivity index (χ4v) is 0.671. The lowest BCUT2D eigenvalue weighted by atomic mass is 10.2. The summed E-state index contributed by atoms with van der Waals surface area (Å²) in [6.45, 7) is 6.03. The highest BCUT2D eigenvalue weighted by atomic mass is 16.5. The molecule has 1 atom stereocenters. The van der Waals surface area contributed by atoms with Crippen LogP contribution in [0.4, 0.5) is 0 Å². The van der Waals surface area contributed by atoms with Gasteiger partial charge < -0.3 is 14.9 Å². The molecule has 0 fully saturated rings. The summed E-state index contributed by atoms with van der Waals surface area (Å²) in [6, 6.07) is 0. The number of hydrogen-bond acceptors (Lipinski definition) is 4. The van der Waals surface area contributed by atoms with Gasteiger partial charge in [0, 0.05) is 5.57 Å². The molecule has 0 aliphatic rings. The quantitative estimate of drug-likeness (QED) is 0.395. The highest BCUT2D eigenvalue weighted by molar-refractivity contribution is 5.94. The maximum Gasteiger partial charge on any atom is 0.337 e. The largest absolute Gasteiger partial charge is 0.478 e. The van der Waals surface area contributed by atoms with E-state index >= 15 is 0 Å². The SMILES string of the molecule is C=C(C=C(C)C(=O)O)C(=O)OCC(C)O. The van der Waals surface area contributed by atoms with Crippen molar-refractivity contribution in [1.82, 2.24) is 0 Å². The molecule has 5 heteroatoms. The molecule has 15 heavy (non-hydrogen) atoms. The van der Waals surface area contributed by atoms with Crippen LogP contribution < -0.4 is 0 Å². The molecule has 0 saturated carbocycles. The molecule has 0 aromatic rings. The second-order valence-electron chi connectivity index (χ2n) is 3.11. The van der Waals surface area contributed by atoms with Crippen LogP contribution in [-0.4, -0.2) is 34.9 Å². The number of carboxylic acids is 1. The first-order valence-corrected chi connectivity index (χ1v) is 4.30. The summed E-state index contributed by atoms with van der Waals surface area (Å²) in [6.07, 6.45) is 0.360. The summed E-state index contributed by atoms with van der Waals surface area (Å²) >= 11 is 0. The third kappa shape index (κ3) is 5.64. The van der Waals surface area contributed by atoms with Crippen LogP contribution in [-0.2, 0) is 14.3 Å². The molecule has 0 radical (unpaired) electrons. The fourth-order valence-electron chi connectivity index (χ4n) is 0.671. The van der Waals surface area contributed by atoms with Gasteiger partial charge in [0.1, 0.15) is 6.61 Å². The van der Waals surface area contributed by atoms with Crippen LogP contribution in [0.2, 0.25) is 0 Å². The van der Waals surface area contributed by atoms with E-state index in [1.807, 2.05) is 0 Å². The van der Waals surface area contributed by atoms with Gasteiger partial charge in [0.2, 0.25) is 0 Å². The number of ether oxygens (including phenoxy) is 1. The summed E-state index contributed by atoms with van der Waals surface area (Å²) in [7, 11) is 0. The average Bonchev–Trinajstić information content (AvgIpc) is 2.13. The zero-order valence-electron chi connectivity index (χ0n) is 8.69. The zero-order chi connectivity index (χ0) is 12.0. The van der Waals surface area contributed by atoms with Crippen molar-refractivity contribution in [1.29, 1.82) is 0 Å². The number of esters is 1. The van der Waals surface area contributed by atoms with Crippen molar-refractivity contribution in [3.05, 3.63) is 23.8 Å². The summed E-state index contributed by atoms with van der Waals surface area (Å²) in [4.78, 5) is 21.6. The lowest BCUT2D eigenvalue weighted by Gasteiger charge is -2.06. The number of carbonyl (C=O) groups is 2. The topological polar surface area (TPSA) is 83.8 Å². The van der Waals surface area contributed by atoms with Gasteiger partial charge in [-0.15, -0.1) is 0 Å². The van der Waals surface area contributed by atoms with Crippen LogP contribution >= 0.6 is 0 Å². The smallest absolute Gasteiger partial charge is 0.337 e. The molecule has 5 nitrogen and oxygen atoms in total. The van der Waals surface area contributed by atoms with E-state index in [9.17, 15) is 9.59 Å². The Hall–Kier alpha value is -1.62. The maximum absolute atomic E-state index is 11.1. The minimum Gasteiger partial charge on any atom is -0.478 e. The van der Waals surface area contributed by atoms with Crippen molar-refractivity contribution in [2.75, 3.05) is 6.61 Å². The number of aliphatic carboxylic acids is 1. The van der Waals surface area contributed by atoms with Crippen molar-refractivity contribution in [2.24, 2.45) is 0 Å². The highest BCUT2D eigenvalue weighted by Crippen LogP contribution is 2.03. The number of hydrogen-bond donors (Lipinski definition) is 2. The van der Waals surface area contributed by atoms with Crippen LogP contribution in [0.5, 0.6) is 0 Å². The van der Waals surface area contributed by atoms with E-state index < -0.39 is 18.0 Å². The Labute approximate surface area is 87.7 Å². The molecule has 0 aliphatic carbocycles. The molecule has 0 aromatic carbocycles. The number of aliphatic hydroxyl groups is 1. The molecular weight excluding hydrogens is 200 g/mol. The second kappa shape index (κ2) is 5.98. The molecule has 0 aliphatic heterocycles. The third-order valence-corrected chi connectivity index (χ3v) is 1.45. The predicted octanol–water partition coefficient (Wildman–Crippen LogP) is 0.497. The van der Waals surface area contributed by atoms with Gasteiger partial charge >= 0.3 is 11.9 Å². The molecule has 0 heterocycles. The number of carboxylic acid groups (broad SMARTS) is 1. The monoisotopic (exact) mass is 214 g/mol. The van der Waals surface area contributed by atoms with Gasteiger partial charge in [-0.05, 0) is 19.9 Å². The van der Waals surface area contributed by atoms with Crippen molar-refractivity contribution < 1.29 is 24.5 Å². The Morgan fingerprint density at radius 2 is 2.07 bits per heavy atom. The van der Waals surface area contributed by atoms with Crippen LogP contribution in [0.1, 0.15) is 13.8 Å². The van der Waals surface area contributed by atoms with E-state index in [0.29, 0.717) is 0 Å². The fraction of sp³-hybridized carbons (Fsp3) is 0.400. The molecule has 1 unspecified atom stereocenters. The second-order valence-corrected chi connectivity index (χ2v) is 3.11. The van der Waals surface area contributed by atoms with Gasteiger partial charge in [-0.25, -0.2) is 9.59 Å². The summed E-state index contributed by atoms with van der Waals surface area (Å²) in [5, 5.41) is 17.4. The normalized spacial score (nSPS) is 13.1. The van der Waals surface area contributed by atoms with Crippen molar-refractivity contribution in [3.63, 3.8) is 0 Å². The maximum atomic E-state index is 11.1. The molecule has 0 spiro atoms. The first-order valence-electron chi connectivity index (χ1n) is 4.30. The molecule has 0 saturated heterocycles. The van der Waals surface area contributed by atoms with Crippen molar-refractivity contribution >= 4 is 11.9 Å². The Balaban J connectivity index is 4.28. The van der Waals surface area contributed by atoms with Crippen LogP contribution in [0.15, 0.2) is 23.8 Å². The van der Waals surface area contributed by atoms with Crippen LogP contribution in [0.25, 0.3) is 0 Å². The number of aliphatic hydroxyl groups excluding tert-OH is 1. The average molecular weight is 214 g/mol. The molecule has 0 bridgehead atoms. The highest BCUT2D eigenvalue weighted by Gasteiger charge is 2.09. The van der Waals surface area contributed by atoms with Gasteiger partial charge in [0.05, 0.1) is 11.7 Å². The van der Waals surface area contributed by atoms with Crippen molar-refractivity contribution in [2.45, 2.75) is 20.0 Å². The van der Waals surface area contributed by atoms with E-state index in [0.717, 1.165) is 6.08 Å². The lowest BCUT2D eigenvalue weighted by Crippen LogP contribution is -2.16. The van der Waals surface area contributed by atoms with Gasteiger partial charge in [-0.2, -0.15) is 0 Å². The molecule has 0 amide bonds. The molecular formula is C10H14O5. The van der Waals surface area contributed by atoms with Gasteiger partial charge in [0.15, 0.2) is 0 Å². The standard InChI is InChI=1S/C10H14O5/c1-6(9(12)13)4-7(2)10(14)15-5-8(3)11/h4,8,11H,2,5H2,1,3H3,(H,12,13). The van der Waals surface area contributed by atoms with E-state index in [-0.39, 0.29) is 17.8 Å². The van der Waals surface area contributed by atoms with Crippen LogP contribution in [0.3, 0.4) is 0 Å². The Kier molecular flexibility index (Phi) is 5.33. The lowest BCUT2D eigenvalue weighted by molar-refractivity contribution is -0.141. The van der Waals surface area contributed by atoms with E-state index in [1.54, 1.807) is 0 Å². The molecule has 0 aromatic heterocycles. The first kappa shape index (κ1) is 13.4. The minimum absolute atomic E-state index is 0.00556. The summed E-state index contributed by atoms with van der Waals surface area (Å²) < 4.78 is 4.62. The number of carbonyl (C=O) groups excluding carboxylic acids is 1. The van der Waals surface area contributed by atoms with Gasteiger partial charge in [0.25, 0.3) is 0 Å². The summed E-state index contributed by atoms with van der Waals surface area (Å²) in [5.41, 5.74) is -0.0652. The summed E-state index contributed by atoms with van der Waals surface area (Å²) in [5.74, 6) is -1.86. The molecule has 84 valence electrons. The van der Waals surface area contributed by atoms with E-state index in [4.69, 9.17) is 10.2 Å². The Bertz CT molecular complexity index is 301. The minimum atomic E-state index is -1.13. The first-order chi connectivity index (χ1) is 6.84. The Morgan fingerprint density at radius 3 is 2.47 bits per heavy atom. The van der Waals surface area contributed by atoms with Crippen molar-refractivity contribution in [3.8, 4) is 0 Å². The molecule has 2 N–H and O–H groups in total. The van der Waals surface area contributed by atoms with E-state index in [1.165, 1.54) is 13.8 Å². The zero-order valence-corrected chi connectivity index (χ0v) is 8.69. The van der Waals surface area contributed by atoms with Crippen LogP contribution in [0, 0.1) is 0 Å². The third-order valence-electron chi connectivity index (χ3n) is 1.45. The molecule has 0 rings (SSSR count). The Morgan fingerprint density at radius 1 is 1.53 bits per heavy atom. The van der Waals surface area contributed by atoms with Gasteiger partial charge in [-0.3, -0.25) is 0 Å². The number of rotatable bonds is 5. The predicted molar refractivity (Wildman–Crippen MR) is 53.2 cm³/mol. The van der Waals surface area contributed by atoms with Gasteiger partial charge in [-0.1, -0.05) is 6.58 Å². The van der Waals surface area contributed by atoms with E-state index in [2.05, 4.69) is 11.3 Å².